The standard InChI is InChI=1S/C20H28N2O2/c1-4-16-12-19(23-2)20(24-3)13-17(16)14-22-11-5-6-15-7-9-18(21)10-8-15/h7-10,12-13,22H,4-6,11,14,21H2,1-3H3. The van der Waals surface area contributed by atoms with Crippen LogP contribution < -0.4 is 20.5 Å². The van der Waals surface area contributed by atoms with Gasteiger partial charge in [-0.25, -0.2) is 0 Å². The van der Waals surface area contributed by atoms with E-state index in [9.17, 15) is 0 Å². The maximum Gasteiger partial charge on any atom is 0.161 e. The third kappa shape index (κ3) is 4.90. The van der Waals surface area contributed by atoms with Gasteiger partial charge < -0.3 is 20.5 Å². The molecule has 0 unspecified atom stereocenters. The van der Waals surface area contributed by atoms with E-state index >= 15 is 0 Å². The molecule has 0 radical (unpaired) electrons. The van der Waals surface area contributed by atoms with E-state index in [1.54, 1.807) is 14.2 Å². The molecule has 0 aliphatic heterocycles. The van der Waals surface area contributed by atoms with E-state index in [-0.39, 0.29) is 0 Å². The van der Waals surface area contributed by atoms with Gasteiger partial charge in [-0.15, -0.1) is 0 Å². The van der Waals surface area contributed by atoms with Gasteiger partial charge in [-0.1, -0.05) is 19.1 Å². The van der Waals surface area contributed by atoms with Crippen LogP contribution >= 0.6 is 0 Å². The molecule has 0 heterocycles. The summed E-state index contributed by atoms with van der Waals surface area (Å²) >= 11 is 0. The van der Waals surface area contributed by atoms with E-state index < -0.39 is 0 Å². The molecule has 0 amide bonds. The molecule has 130 valence electrons. The summed E-state index contributed by atoms with van der Waals surface area (Å²) in [6.07, 6.45) is 3.13. The van der Waals surface area contributed by atoms with Crippen LogP contribution in [-0.2, 0) is 19.4 Å². The van der Waals surface area contributed by atoms with Crippen LogP contribution in [0.5, 0.6) is 11.5 Å². The number of anilines is 1. The summed E-state index contributed by atoms with van der Waals surface area (Å²) in [5.74, 6) is 1.58. The van der Waals surface area contributed by atoms with Crippen LogP contribution in [0.4, 0.5) is 5.69 Å². The fraction of sp³-hybridized carbons (Fsp3) is 0.400. The Balaban J connectivity index is 1.86. The second-order valence-corrected chi connectivity index (χ2v) is 5.85. The second-order valence-electron chi connectivity index (χ2n) is 5.85. The number of methoxy groups -OCH3 is 2. The number of aryl methyl sites for hydroxylation is 2. The Hall–Kier alpha value is -2.20. The first-order chi connectivity index (χ1) is 11.7. The molecule has 0 fully saturated rings. The molecule has 0 aliphatic carbocycles. The largest absolute Gasteiger partial charge is 0.493 e. The molecule has 0 aromatic heterocycles. The molecule has 2 aromatic carbocycles. The van der Waals surface area contributed by atoms with Crippen molar-refractivity contribution in [2.24, 2.45) is 0 Å². The summed E-state index contributed by atoms with van der Waals surface area (Å²) in [6, 6.07) is 12.3. The van der Waals surface area contributed by atoms with Crippen LogP contribution in [0.1, 0.15) is 30.0 Å². The molecule has 0 atom stereocenters. The van der Waals surface area contributed by atoms with Crippen molar-refractivity contribution in [2.45, 2.75) is 32.7 Å². The molecule has 0 aliphatic rings. The van der Waals surface area contributed by atoms with Gasteiger partial charge in [0.1, 0.15) is 0 Å². The van der Waals surface area contributed by atoms with E-state index in [4.69, 9.17) is 15.2 Å². The number of hydrogen-bond donors (Lipinski definition) is 2. The third-order valence-electron chi connectivity index (χ3n) is 4.20. The van der Waals surface area contributed by atoms with Gasteiger partial charge in [0.15, 0.2) is 11.5 Å². The summed E-state index contributed by atoms with van der Waals surface area (Å²) < 4.78 is 10.8. The van der Waals surface area contributed by atoms with E-state index in [0.29, 0.717) is 0 Å². The predicted molar refractivity (Wildman–Crippen MR) is 99.8 cm³/mol. The average Bonchev–Trinajstić information content (AvgIpc) is 2.62. The highest BCUT2D eigenvalue weighted by Crippen LogP contribution is 2.30. The Morgan fingerprint density at radius 1 is 0.958 bits per heavy atom. The number of benzene rings is 2. The first kappa shape index (κ1) is 18.1. The van der Waals surface area contributed by atoms with Gasteiger partial charge in [0, 0.05) is 12.2 Å². The van der Waals surface area contributed by atoms with Gasteiger partial charge in [0.25, 0.3) is 0 Å². The zero-order valence-corrected chi connectivity index (χ0v) is 14.9. The van der Waals surface area contributed by atoms with Crippen molar-refractivity contribution in [3.8, 4) is 11.5 Å². The lowest BCUT2D eigenvalue weighted by Gasteiger charge is -2.14. The molecule has 4 nitrogen and oxygen atoms in total. The Labute approximate surface area is 145 Å². The van der Waals surface area contributed by atoms with Crippen LogP contribution in [0, 0.1) is 0 Å². The van der Waals surface area contributed by atoms with Gasteiger partial charge in [0.05, 0.1) is 14.2 Å². The maximum absolute atomic E-state index is 5.71. The van der Waals surface area contributed by atoms with Crippen LogP contribution in [0.3, 0.4) is 0 Å². The van der Waals surface area contributed by atoms with Crippen molar-refractivity contribution in [1.29, 1.82) is 0 Å². The summed E-state index contributed by atoms with van der Waals surface area (Å²) in [5, 5.41) is 3.53. The highest BCUT2D eigenvalue weighted by molar-refractivity contribution is 5.47. The Kier molecular flexibility index (Phi) is 6.94. The average molecular weight is 328 g/mol. The van der Waals surface area contributed by atoms with Crippen LogP contribution in [0.25, 0.3) is 0 Å². The topological polar surface area (TPSA) is 56.5 Å². The minimum Gasteiger partial charge on any atom is -0.493 e. The zero-order valence-electron chi connectivity index (χ0n) is 14.9. The Bertz CT molecular complexity index is 639. The van der Waals surface area contributed by atoms with E-state index in [1.807, 2.05) is 12.1 Å². The lowest BCUT2D eigenvalue weighted by Crippen LogP contribution is -2.16. The lowest BCUT2D eigenvalue weighted by atomic mass is 10.0. The fourth-order valence-corrected chi connectivity index (χ4v) is 2.78. The number of ether oxygens (including phenoxy) is 2. The number of nitrogen functional groups attached to an aromatic ring is 1. The minimum absolute atomic E-state index is 0.786. The van der Waals surface area contributed by atoms with Crippen molar-refractivity contribution in [3.05, 3.63) is 53.1 Å². The molecule has 2 aromatic rings. The monoisotopic (exact) mass is 328 g/mol. The number of nitrogens with two attached hydrogens (primary N) is 1. The molecule has 0 saturated heterocycles. The third-order valence-corrected chi connectivity index (χ3v) is 4.20. The van der Waals surface area contributed by atoms with Gasteiger partial charge in [-0.3, -0.25) is 0 Å². The van der Waals surface area contributed by atoms with Crippen molar-refractivity contribution < 1.29 is 9.47 Å². The van der Waals surface area contributed by atoms with Crippen molar-refractivity contribution in [2.75, 3.05) is 26.5 Å². The van der Waals surface area contributed by atoms with Gasteiger partial charge in [-0.2, -0.15) is 0 Å². The molecule has 2 rings (SSSR count). The van der Waals surface area contributed by atoms with E-state index in [2.05, 4.69) is 36.5 Å². The number of rotatable bonds is 9. The molecule has 4 heteroatoms. The smallest absolute Gasteiger partial charge is 0.161 e. The SMILES string of the molecule is CCc1cc(OC)c(OC)cc1CNCCCc1ccc(N)cc1. The minimum atomic E-state index is 0.786. The van der Waals surface area contributed by atoms with Crippen LogP contribution in [0.2, 0.25) is 0 Å². The molecule has 0 saturated carbocycles. The predicted octanol–water partition coefficient (Wildman–Crippen LogP) is 3.57. The molecule has 24 heavy (non-hydrogen) atoms. The second kappa shape index (κ2) is 9.18. The molecular weight excluding hydrogens is 300 g/mol. The molecule has 3 N–H and O–H groups in total. The Morgan fingerprint density at radius 2 is 1.58 bits per heavy atom. The van der Waals surface area contributed by atoms with Gasteiger partial charge in [0.2, 0.25) is 0 Å². The van der Waals surface area contributed by atoms with Crippen LogP contribution in [0.15, 0.2) is 36.4 Å². The summed E-state index contributed by atoms with van der Waals surface area (Å²) in [5.41, 5.74) is 10.4. The van der Waals surface area contributed by atoms with Crippen molar-refractivity contribution in [1.82, 2.24) is 5.32 Å². The molecular formula is C20H28N2O2. The highest BCUT2D eigenvalue weighted by Gasteiger charge is 2.09. The fourth-order valence-electron chi connectivity index (χ4n) is 2.78. The van der Waals surface area contributed by atoms with Crippen molar-refractivity contribution in [3.63, 3.8) is 0 Å². The summed E-state index contributed by atoms with van der Waals surface area (Å²) in [4.78, 5) is 0. The van der Waals surface area contributed by atoms with Crippen LogP contribution in [-0.4, -0.2) is 20.8 Å². The summed E-state index contributed by atoms with van der Waals surface area (Å²) in [6.45, 7) is 3.97. The normalized spacial score (nSPS) is 10.6. The molecule has 0 spiro atoms. The number of nitrogens with one attached hydrogen (secondary N) is 1. The highest BCUT2D eigenvalue weighted by atomic mass is 16.5. The quantitative estimate of drug-likeness (QED) is 0.546. The van der Waals surface area contributed by atoms with Crippen molar-refractivity contribution >= 4 is 5.69 Å². The van der Waals surface area contributed by atoms with Gasteiger partial charge in [-0.05, 0) is 66.8 Å². The first-order valence-electron chi connectivity index (χ1n) is 8.46. The zero-order chi connectivity index (χ0) is 17.4. The molecule has 0 bridgehead atoms. The summed E-state index contributed by atoms with van der Waals surface area (Å²) in [7, 11) is 3.35. The van der Waals surface area contributed by atoms with Gasteiger partial charge >= 0.3 is 0 Å². The first-order valence-corrected chi connectivity index (χ1v) is 8.46. The maximum atomic E-state index is 5.71. The van der Waals surface area contributed by atoms with E-state index in [1.165, 1.54) is 16.7 Å². The lowest BCUT2D eigenvalue weighted by molar-refractivity contribution is 0.354. The number of hydrogen-bond acceptors (Lipinski definition) is 4. The Morgan fingerprint density at radius 3 is 2.17 bits per heavy atom. The van der Waals surface area contributed by atoms with E-state index in [0.717, 1.165) is 49.5 Å².